The molecule has 1 saturated heterocycles. The van der Waals surface area contributed by atoms with Crippen LogP contribution in [0.3, 0.4) is 0 Å². The molecule has 0 N–H and O–H groups in total. The van der Waals surface area contributed by atoms with Gasteiger partial charge in [-0.05, 0) is 5.56 Å². The van der Waals surface area contributed by atoms with E-state index in [2.05, 4.69) is 4.74 Å². The number of ether oxygens (including phenoxy) is 3. The molecular formula is C15H19NO5. The zero-order chi connectivity index (χ0) is 15.1. The maximum Gasteiger partial charge on any atom is 0.336 e. The van der Waals surface area contributed by atoms with Crippen LogP contribution in [0.4, 0.5) is 0 Å². The Morgan fingerprint density at radius 1 is 1.33 bits per heavy atom. The topological polar surface area (TPSA) is 65.1 Å². The number of rotatable bonds is 5. The minimum atomic E-state index is -0.707. The van der Waals surface area contributed by atoms with Gasteiger partial charge in [0.15, 0.2) is 6.10 Å². The molecule has 2 rings (SSSR count). The minimum absolute atomic E-state index is 0.0111. The summed E-state index contributed by atoms with van der Waals surface area (Å²) in [6.45, 7) is 1.37. The van der Waals surface area contributed by atoms with Crippen LogP contribution < -0.4 is 0 Å². The number of nitrogens with zero attached hydrogens (tertiary/aromatic N) is 1. The van der Waals surface area contributed by atoms with E-state index < -0.39 is 12.1 Å². The number of amides is 1. The number of carbonyl (C=O) groups is 2. The highest BCUT2D eigenvalue weighted by atomic mass is 16.6. The van der Waals surface area contributed by atoms with Crippen molar-refractivity contribution in [1.29, 1.82) is 0 Å². The minimum Gasteiger partial charge on any atom is -0.467 e. The Morgan fingerprint density at radius 2 is 2.10 bits per heavy atom. The van der Waals surface area contributed by atoms with Gasteiger partial charge in [-0.2, -0.15) is 0 Å². The molecule has 114 valence electrons. The lowest BCUT2D eigenvalue weighted by Gasteiger charge is -2.31. The summed E-state index contributed by atoms with van der Waals surface area (Å²) in [4.78, 5) is 25.0. The van der Waals surface area contributed by atoms with Gasteiger partial charge in [-0.25, -0.2) is 4.79 Å². The number of benzene rings is 1. The molecular weight excluding hydrogens is 274 g/mol. The molecule has 1 atom stereocenters. The molecule has 1 aromatic carbocycles. The maximum atomic E-state index is 12.0. The molecule has 21 heavy (non-hydrogen) atoms. The Labute approximate surface area is 123 Å². The first-order chi connectivity index (χ1) is 10.2. The van der Waals surface area contributed by atoms with Crippen molar-refractivity contribution in [1.82, 2.24) is 4.90 Å². The molecule has 6 heteroatoms. The van der Waals surface area contributed by atoms with Crippen molar-refractivity contribution in [2.75, 3.05) is 33.4 Å². The van der Waals surface area contributed by atoms with Crippen LogP contribution in [0.1, 0.15) is 5.56 Å². The highest BCUT2D eigenvalue weighted by Gasteiger charge is 2.29. The summed E-state index contributed by atoms with van der Waals surface area (Å²) < 4.78 is 15.3. The van der Waals surface area contributed by atoms with E-state index >= 15 is 0 Å². The number of hydrogen-bond acceptors (Lipinski definition) is 5. The Kier molecular flexibility index (Phi) is 5.71. The Bertz CT molecular complexity index is 476. The van der Waals surface area contributed by atoms with Crippen molar-refractivity contribution in [2.45, 2.75) is 12.7 Å². The largest absolute Gasteiger partial charge is 0.467 e. The first kappa shape index (κ1) is 15.5. The summed E-state index contributed by atoms with van der Waals surface area (Å²) in [6.07, 6.45) is -0.707. The summed E-state index contributed by atoms with van der Waals surface area (Å²) in [5.74, 6) is -0.610. The molecule has 1 fully saturated rings. The van der Waals surface area contributed by atoms with Crippen molar-refractivity contribution in [3.8, 4) is 0 Å². The predicted octanol–water partition coefficient (Wildman–Crippen LogP) is 0.604. The number of hydrogen-bond donors (Lipinski definition) is 0. The summed E-state index contributed by atoms with van der Waals surface area (Å²) in [7, 11) is 1.30. The molecule has 0 aliphatic carbocycles. The predicted molar refractivity (Wildman–Crippen MR) is 74.4 cm³/mol. The van der Waals surface area contributed by atoms with Crippen LogP contribution >= 0.6 is 0 Å². The van der Waals surface area contributed by atoms with Gasteiger partial charge < -0.3 is 19.1 Å². The van der Waals surface area contributed by atoms with Crippen LogP contribution in [-0.2, 0) is 30.4 Å². The lowest BCUT2D eigenvalue weighted by atomic mass is 10.2. The van der Waals surface area contributed by atoms with Gasteiger partial charge in [-0.15, -0.1) is 0 Å². The standard InChI is InChI=1S/C15H19NO5/c1-19-15(18)13-9-16(7-8-21-13)14(17)11-20-10-12-5-3-2-4-6-12/h2-6,13H,7-11H2,1H3. The molecule has 1 aromatic rings. The number of carbonyl (C=O) groups excluding carboxylic acids is 2. The first-order valence-electron chi connectivity index (χ1n) is 6.79. The van der Waals surface area contributed by atoms with Gasteiger partial charge in [0, 0.05) is 6.54 Å². The lowest BCUT2D eigenvalue weighted by molar-refractivity contribution is -0.163. The molecule has 6 nitrogen and oxygen atoms in total. The molecule has 1 aliphatic rings. The van der Waals surface area contributed by atoms with Crippen molar-refractivity contribution in [3.05, 3.63) is 35.9 Å². The number of morpholine rings is 1. The van der Waals surface area contributed by atoms with Crippen LogP contribution in [0.15, 0.2) is 30.3 Å². The van der Waals surface area contributed by atoms with Crippen molar-refractivity contribution in [2.24, 2.45) is 0 Å². The van der Waals surface area contributed by atoms with Crippen LogP contribution in [0.5, 0.6) is 0 Å². The fourth-order valence-electron chi connectivity index (χ4n) is 2.07. The molecule has 0 spiro atoms. The van der Waals surface area contributed by atoms with E-state index in [0.717, 1.165) is 5.56 Å². The smallest absolute Gasteiger partial charge is 0.336 e. The van der Waals surface area contributed by atoms with Gasteiger partial charge >= 0.3 is 5.97 Å². The molecule has 0 radical (unpaired) electrons. The zero-order valence-electron chi connectivity index (χ0n) is 12.0. The first-order valence-corrected chi connectivity index (χ1v) is 6.79. The van der Waals surface area contributed by atoms with Gasteiger partial charge in [0.1, 0.15) is 6.61 Å². The number of esters is 1. The molecule has 0 aromatic heterocycles. The van der Waals surface area contributed by atoms with Gasteiger partial charge in [0.2, 0.25) is 5.91 Å². The summed E-state index contributed by atoms with van der Waals surface area (Å²) in [5, 5.41) is 0. The summed E-state index contributed by atoms with van der Waals surface area (Å²) in [6, 6.07) is 9.64. The van der Waals surface area contributed by atoms with E-state index in [1.54, 1.807) is 4.90 Å². The molecule has 1 heterocycles. The highest BCUT2D eigenvalue weighted by Crippen LogP contribution is 2.08. The second-order valence-electron chi connectivity index (χ2n) is 4.70. The fourth-order valence-corrected chi connectivity index (χ4v) is 2.07. The van der Waals surface area contributed by atoms with Gasteiger partial charge in [-0.1, -0.05) is 30.3 Å². The monoisotopic (exact) mass is 293 g/mol. The van der Waals surface area contributed by atoms with Crippen molar-refractivity contribution >= 4 is 11.9 Å². The molecule has 0 saturated carbocycles. The molecule has 1 amide bonds. The third kappa shape index (κ3) is 4.54. The third-order valence-electron chi connectivity index (χ3n) is 3.22. The van der Waals surface area contributed by atoms with Crippen LogP contribution in [0.2, 0.25) is 0 Å². The van der Waals surface area contributed by atoms with Crippen LogP contribution in [0.25, 0.3) is 0 Å². The average molecular weight is 293 g/mol. The van der Waals surface area contributed by atoms with Gasteiger partial charge in [0.25, 0.3) is 0 Å². The van der Waals surface area contributed by atoms with Crippen LogP contribution in [0, 0.1) is 0 Å². The van der Waals surface area contributed by atoms with E-state index in [-0.39, 0.29) is 19.1 Å². The average Bonchev–Trinajstić information content (AvgIpc) is 2.55. The SMILES string of the molecule is COC(=O)C1CN(C(=O)COCc2ccccc2)CCO1. The van der Waals surface area contributed by atoms with E-state index in [4.69, 9.17) is 9.47 Å². The quantitative estimate of drug-likeness (QED) is 0.744. The normalized spacial score (nSPS) is 18.3. The fraction of sp³-hybridized carbons (Fsp3) is 0.467. The Hall–Kier alpha value is -1.92. The van der Waals surface area contributed by atoms with E-state index in [0.29, 0.717) is 19.8 Å². The Morgan fingerprint density at radius 3 is 2.81 bits per heavy atom. The Balaban J connectivity index is 1.76. The maximum absolute atomic E-state index is 12.0. The van der Waals surface area contributed by atoms with E-state index in [9.17, 15) is 9.59 Å². The second-order valence-corrected chi connectivity index (χ2v) is 4.70. The van der Waals surface area contributed by atoms with Crippen molar-refractivity contribution < 1.29 is 23.8 Å². The van der Waals surface area contributed by atoms with Gasteiger partial charge in [0.05, 0.1) is 26.9 Å². The highest BCUT2D eigenvalue weighted by molar-refractivity contribution is 5.80. The summed E-state index contributed by atoms with van der Waals surface area (Å²) in [5.41, 5.74) is 1.01. The van der Waals surface area contributed by atoms with E-state index in [1.807, 2.05) is 30.3 Å². The van der Waals surface area contributed by atoms with Crippen molar-refractivity contribution in [3.63, 3.8) is 0 Å². The van der Waals surface area contributed by atoms with Crippen LogP contribution in [-0.4, -0.2) is 56.3 Å². The lowest BCUT2D eigenvalue weighted by Crippen LogP contribution is -2.49. The second kappa shape index (κ2) is 7.75. The van der Waals surface area contributed by atoms with Gasteiger partial charge in [-0.3, -0.25) is 4.79 Å². The van der Waals surface area contributed by atoms with E-state index in [1.165, 1.54) is 7.11 Å². The third-order valence-corrected chi connectivity index (χ3v) is 3.22. The number of methoxy groups -OCH3 is 1. The summed E-state index contributed by atoms with van der Waals surface area (Å²) >= 11 is 0. The molecule has 1 aliphatic heterocycles. The molecule has 1 unspecified atom stereocenters. The zero-order valence-corrected chi connectivity index (χ0v) is 12.0. The molecule has 0 bridgehead atoms.